The fourth-order valence-electron chi connectivity index (χ4n) is 1.47. The molecule has 0 fully saturated rings. The smallest absolute Gasteiger partial charge is 0.349 e. The number of rotatable bonds is 5. The summed E-state index contributed by atoms with van der Waals surface area (Å²) in [7, 11) is -2.82. The Labute approximate surface area is 106 Å². The first-order chi connectivity index (χ1) is 7.43. The molecule has 0 heterocycles. The predicted molar refractivity (Wildman–Crippen MR) is 78.3 cm³/mol. The van der Waals surface area contributed by atoms with Crippen LogP contribution in [0.2, 0.25) is 19.6 Å². The molecule has 0 aliphatic rings. The van der Waals surface area contributed by atoms with E-state index in [1.54, 1.807) is 0 Å². The Kier molecular flexibility index (Phi) is 4.85. The first-order valence-electron chi connectivity index (χ1n) is 5.29. The average molecular weight is 289 g/mol. The van der Waals surface area contributed by atoms with E-state index in [0.717, 1.165) is 10.5 Å². The second-order valence-electron chi connectivity index (χ2n) is 4.22. The van der Waals surface area contributed by atoms with E-state index in [1.807, 2.05) is 18.2 Å². The molecule has 0 amide bonds. The topological polar surface area (TPSA) is 27.7 Å². The predicted octanol–water partition coefficient (Wildman–Crippen LogP) is -0.722. The zero-order valence-electron chi connectivity index (χ0n) is 10.6. The van der Waals surface area contributed by atoms with E-state index in [9.17, 15) is 0 Å². The number of hydrogen-bond donors (Lipinski definition) is 0. The van der Waals surface area contributed by atoms with Gasteiger partial charge >= 0.3 is 17.1 Å². The highest BCUT2D eigenvalue weighted by molar-refractivity contribution is 6.89. The van der Waals surface area contributed by atoms with Gasteiger partial charge in [-0.3, -0.25) is 0 Å². The van der Waals surface area contributed by atoms with Crippen molar-refractivity contribution in [3.63, 3.8) is 0 Å². The first kappa shape index (κ1) is 14.0. The lowest BCUT2D eigenvalue weighted by Gasteiger charge is -2.34. The van der Waals surface area contributed by atoms with Crippen LogP contribution in [-0.4, -0.2) is 38.1 Å². The normalized spacial score (nSPS) is 16.2. The molecule has 1 aromatic rings. The lowest BCUT2D eigenvalue weighted by Crippen LogP contribution is -2.57. The van der Waals surface area contributed by atoms with Crippen LogP contribution in [-0.2, 0) is 12.3 Å². The van der Waals surface area contributed by atoms with Gasteiger partial charge in [0, 0.05) is 0 Å². The second-order valence-corrected chi connectivity index (χ2v) is 13.6. The molecular weight excluding hydrogens is 268 g/mol. The third kappa shape index (κ3) is 3.48. The Morgan fingerprint density at radius 1 is 0.938 bits per heavy atom. The van der Waals surface area contributed by atoms with E-state index in [2.05, 4.69) is 31.8 Å². The standard InChI is InChI=1S/C9H20O3Si4/c1-15(2,10-13)12-16(3,11-14)9-7-5-4-6-8-9/h4-8H,1-3,13-14H3. The Balaban J connectivity index is 2.95. The second kappa shape index (κ2) is 5.54. The zero-order valence-corrected chi connectivity index (χ0v) is 16.6. The Morgan fingerprint density at radius 2 is 1.50 bits per heavy atom. The fraction of sp³-hybridized carbons (Fsp3) is 0.333. The zero-order chi connectivity index (χ0) is 12.2. The summed E-state index contributed by atoms with van der Waals surface area (Å²) in [5.74, 6) is 0. The van der Waals surface area contributed by atoms with E-state index in [0.29, 0.717) is 10.5 Å². The molecule has 90 valence electrons. The Bertz CT molecular complexity index is 333. The van der Waals surface area contributed by atoms with Crippen LogP contribution in [0.4, 0.5) is 0 Å². The van der Waals surface area contributed by atoms with Crippen LogP contribution in [0.15, 0.2) is 30.3 Å². The molecule has 0 aliphatic heterocycles. The minimum Gasteiger partial charge on any atom is -0.445 e. The van der Waals surface area contributed by atoms with Crippen LogP contribution < -0.4 is 5.19 Å². The summed E-state index contributed by atoms with van der Waals surface area (Å²) < 4.78 is 17.6. The van der Waals surface area contributed by atoms with Crippen LogP contribution in [0.5, 0.6) is 0 Å². The van der Waals surface area contributed by atoms with Crippen molar-refractivity contribution in [2.45, 2.75) is 19.6 Å². The van der Waals surface area contributed by atoms with Crippen molar-refractivity contribution < 1.29 is 12.3 Å². The molecular formula is C9H20O3Si4. The van der Waals surface area contributed by atoms with Gasteiger partial charge in [-0.25, -0.2) is 0 Å². The molecule has 16 heavy (non-hydrogen) atoms. The van der Waals surface area contributed by atoms with E-state index in [4.69, 9.17) is 12.3 Å². The quantitative estimate of drug-likeness (QED) is 0.669. The molecule has 0 saturated heterocycles. The van der Waals surface area contributed by atoms with Gasteiger partial charge in [-0.2, -0.15) is 0 Å². The highest BCUT2D eigenvalue weighted by atomic mass is 28.5. The van der Waals surface area contributed by atoms with E-state index in [1.165, 1.54) is 5.19 Å². The van der Waals surface area contributed by atoms with Crippen LogP contribution >= 0.6 is 0 Å². The van der Waals surface area contributed by atoms with Gasteiger partial charge in [0.15, 0.2) is 0 Å². The molecule has 0 spiro atoms. The van der Waals surface area contributed by atoms with Crippen molar-refractivity contribution in [2.75, 3.05) is 0 Å². The number of benzene rings is 1. The van der Waals surface area contributed by atoms with Crippen molar-refractivity contribution in [1.82, 2.24) is 0 Å². The summed E-state index contributed by atoms with van der Waals surface area (Å²) in [5, 5.41) is 1.18. The molecule has 1 atom stereocenters. The molecule has 0 aliphatic carbocycles. The van der Waals surface area contributed by atoms with Crippen molar-refractivity contribution in [3.05, 3.63) is 30.3 Å². The van der Waals surface area contributed by atoms with Crippen LogP contribution in [0.1, 0.15) is 0 Å². The maximum Gasteiger partial charge on any atom is 0.349 e. The third-order valence-electron chi connectivity index (χ3n) is 2.62. The Hall–Kier alpha value is -0.0325. The maximum atomic E-state index is 6.21. The van der Waals surface area contributed by atoms with Crippen molar-refractivity contribution >= 4 is 43.3 Å². The molecule has 1 aromatic carbocycles. The van der Waals surface area contributed by atoms with Gasteiger partial charge in [-0.15, -0.1) is 0 Å². The molecule has 0 saturated carbocycles. The molecule has 0 N–H and O–H groups in total. The summed E-state index contributed by atoms with van der Waals surface area (Å²) in [6.07, 6.45) is 0. The van der Waals surface area contributed by atoms with Crippen LogP contribution in [0.3, 0.4) is 0 Å². The summed E-state index contributed by atoms with van der Waals surface area (Å²) in [4.78, 5) is 0. The lowest BCUT2D eigenvalue weighted by atomic mass is 10.4. The van der Waals surface area contributed by atoms with Gasteiger partial charge in [-0.05, 0) is 24.8 Å². The summed E-state index contributed by atoms with van der Waals surface area (Å²) in [6, 6.07) is 10.2. The Morgan fingerprint density at radius 3 is 1.94 bits per heavy atom. The summed E-state index contributed by atoms with van der Waals surface area (Å²) >= 11 is 0. The van der Waals surface area contributed by atoms with Crippen molar-refractivity contribution in [1.29, 1.82) is 0 Å². The molecule has 7 heteroatoms. The monoisotopic (exact) mass is 288 g/mol. The summed E-state index contributed by atoms with van der Waals surface area (Å²) in [6.45, 7) is 6.26. The highest BCUT2D eigenvalue weighted by Gasteiger charge is 2.39. The fourth-order valence-corrected chi connectivity index (χ4v) is 9.60. The molecule has 0 bridgehead atoms. The molecule has 0 radical (unpaired) electrons. The van der Waals surface area contributed by atoms with Crippen LogP contribution in [0.25, 0.3) is 0 Å². The lowest BCUT2D eigenvalue weighted by molar-refractivity contribution is 0.360. The van der Waals surface area contributed by atoms with E-state index < -0.39 is 17.1 Å². The first-order valence-corrected chi connectivity index (χ1v) is 12.1. The molecule has 1 rings (SSSR count). The molecule has 0 aromatic heterocycles. The van der Waals surface area contributed by atoms with Crippen molar-refractivity contribution in [2.24, 2.45) is 0 Å². The minimum atomic E-state index is -2.24. The van der Waals surface area contributed by atoms with E-state index in [-0.39, 0.29) is 0 Å². The van der Waals surface area contributed by atoms with E-state index >= 15 is 0 Å². The van der Waals surface area contributed by atoms with Gasteiger partial charge in [0.1, 0.15) is 21.0 Å². The maximum absolute atomic E-state index is 6.21. The van der Waals surface area contributed by atoms with Gasteiger partial charge in [-0.1, -0.05) is 30.3 Å². The minimum absolute atomic E-state index is 0.692. The highest BCUT2D eigenvalue weighted by Crippen LogP contribution is 2.15. The van der Waals surface area contributed by atoms with Crippen LogP contribution in [0, 0.1) is 0 Å². The van der Waals surface area contributed by atoms with Gasteiger partial charge in [0.05, 0.1) is 0 Å². The third-order valence-corrected chi connectivity index (χ3v) is 14.6. The van der Waals surface area contributed by atoms with Gasteiger partial charge in [0.2, 0.25) is 0 Å². The van der Waals surface area contributed by atoms with Gasteiger partial charge in [0.25, 0.3) is 0 Å². The van der Waals surface area contributed by atoms with Gasteiger partial charge < -0.3 is 12.3 Å². The molecule has 3 nitrogen and oxygen atoms in total. The largest absolute Gasteiger partial charge is 0.445 e. The SMILES string of the molecule is C[Si](C)(O[SiH3])O[Si](C)(O[SiH3])c1ccccc1. The number of hydrogen-bond acceptors (Lipinski definition) is 3. The summed E-state index contributed by atoms with van der Waals surface area (Å²) in [5.41, 5.74) is 0. The van der Waals surface area contributed by atoms with Crippen molar-refractivity contribution in [3.8, 4) is 0 Å². The molecule has 1 unspecified atom stereocenters. The average Bonchev–Trinajstić information content (AvgIpc) is 2.29.